The first-order chi connectivity index (χ1) is 26.0. The van der Waals surface area contributed by atoms with Gasteiger partial charge in [0.2, 0.25) is 5.95 Å². The molecular weight excluding hydrogens is 647 g/mol. The van der Waals surface area contributed by atoms with E-state index in [1.807, 2.05) is 60.7 Å². The molecule has 0 fully saturated rings. The average molecular weight is 682 g/mol. The van der Waals surface area contributed by atoms with Crippen molar-refractivity contribution < 1.29 is 0 Å². The monoisotopic (exact) mass is 681 g/mol. The molecule has 9 aromatic rings. The standard InChI is InChI=1S/C48H35N5/c1-48(2)39-23-13-15-25-43(39)52(36-20-10-5-11-21-36)44-29-27-35(31-40(44)48)34-26-28-42-38(30-34)37-22-12-14-24-41(37)53(42)47-50-45(32-16-6-3-7-17-32)49-46(51-47)33-18-8-4-9-19-33/h3-31H,1-2H3. The molecule has 0 saturated carbocycles. The van der Waals surface area contributed by atoms with Crippen molar-refractivity contribution in [2.75, 3.05) is 4.90 Å². The van der Waals surface area contributed by atoms with E-state index in [0.29, 0.717) is 17.6 Å². The third-order valence-corrected chi connectivity index (χ3v) is 10.6. The second kappa shape index (κ2) is 12.1. The normalized spacial score (nSPS) is 13.2. The molecule has 7 aromatic carbocycles. The lowest BCUT2D eigenvalue weighted by atomic mass is 9.73. The summed E-state index contributed by atoms with van der Waals surface area (Å²) < 4.78 is 2.18. The second-order valence-corrected chi connectivity index (χ2v) is 14.1. The number of hydrogen-bond donors (Lipinski definition) is 0. The Bertz CT molecular complexity index is 2750. The molecule has 5 nitrogen and oxygen atoms in total. The number of anilines is 3. The van der Waals surface area contributed by atoms with Gasteiger partial charge >= 0.3 is 0 Å². The molecule has 2 aromatic heterocycles. The fourth-order valence-corrected chi connectivity index (χ4v) is 8.00. The number of benzene rings is 7. The largest absolute Gasteiger partial charge is 0.310 e. The smallest absolute Gasteiger partial charge is 0.238 e. The molecule has 0 aliphatic carbocycles. The number of para-hydroxylation sites is 3. The summed E-state index contributed by atoms with van der Waals surface area (Å²) in [4.78, 5) is 17.6. The molecular formula is C48H35N5. The topological polar surface area (TPSA) is 46.8 Å². The summed E-state index contributed by atoms with van der Waals surface area (Å²) in [5.41, 5.74) is 12.3. The van der Waals surface area contributed by atoms with Crippen LogP contribution in [0, 0.1) is 0 Å². The van der Waals surface area contributed by atoms with Gasteiger partial charge in [-0.25, -0.2) is 4.98 Å². The number of fused-ring (bicyclic) bond motifs is 5. The van der Waals surface area contributed by atoms with E-state index in [9.17, 15) is 0 Å². The highest BCUT2D eigenvalue weighted by atomic mass is 15.2. The zero-order valence-corrected chi connectivity index (χ0v) is 29.5. The number of rotatable bonds is 5. The number of hydrogen-bond acceptors (Lipinski definition) is 4. The van der Waals surface area contributed by atoms with E-state index < -0.39 is 0 Å². The van der Waals surface area contributed by atoms with Crippen LogP contribution in [0.2, 0.25) is 0 Å². The predicted molar refractivity (Wildman–Crippen MR) is 217 cm³/mol. The summed E-state index contributed by atoms with van der Waals surface area (Å²) in [7, 11) is 0. The van der Waals surface area contributed by atoms with Crippen molar-refractivity contribution >= 4 is 38.9 Å². The van der Waals surface area contributed by atoms with Gasteiger partial charge in [-0.2, -0.15) is 9.97 Å². The molecule has 3 heterocycles. The summed E-state index contributed by atoms with van der Waals surface area (Å²) in [6, 6.07) is 62.0. The second-order valence-electron chi connectivity index (χ2n) is 14.1. The van der Waals surface area contributed by atoms with Crippen molar-refractivity contribution in [2.45, 2.75) is 19.3 Å². The summed E-state index contributed by atoms with van der Waals surface area (Å²) in [6.45, 7) is 4.69. The van der Waals surface area contributed by atoms with Crippen LogP contribution in [0.25, 0.3) is 61.7 Å². The van der Waals surface area contributed by atoms with Gasteiger partial charge in [-0.15, -0.1) is 0 Å². The molecule has 0 unspecified atom stereocenters. The molecule has 0 atom stereocenters. The Kier molecular flexibility index (Phi) is 7.08. The predicted octanol–water partition coefficient (Wildman–Crippen LogP) is 12.1. The number of nitrogens with zero attached hydrogens (tertiary/aromatic N) is 5. The molecule has 1 aliphatic heterocycles. The van der Waals surface area contributed by atoms with Gasteiger partial charge in [-0.1, -0.05) is 141 Å². The van der Waals surface area contributed by atoms with Crippen LogP contribution >= 0.6 is 0 Å². The minimum absolute atomic E-state index is 0.195. The Morgan fingerprint density at radius 3 is 1.68 bits per heavy atom. The first kappa shape index (κ1) is 30.9. The zero-order valence-electron chi connectivity index (χ0n) is 29.5. The quantitative estimate of drug-likeness (QED) is 0.181. The van der Waals surface area contributed by atoms with Crippen LogP contribution in [0.1, 0.15) is 25.0 Å². The van der Waals surface area contributed by atoms with Crippen LogP contribution in [-0.2, 0) is 5.41 Å². The molecule has 0 bridgehead atoms. The van der Waals surface area contributed by atoms with E-state index in [1.165, 1.54) is 28.1 Å². The third kappa shape index (κ3) is 5.04. The molecule has 252 valence electrons. The first-order valence-electron chi connectivity index (χ1n) is 18.0. The van der Waals surface area contributed by atoms with Gasteiger partial charge in [0.05, 0.1) is 22.4 Å². The van der Waals surface area contributed by atoms with Gasteiger partial charge in [0.15, 0.2) is 11.6 Å². The van der Waals surface area contributed by atoms with Gasteiger partial charge in [-0.05, 0) is 70.8 Å². The lowest BCUT2D eigenvalue weighted by Crippen LogP contribution is -2.30. The van der Waals surface area contributed by atoms with Gasteiger partial charge in [-0.3, -0.25) is 4.57 Å². The Balaban J connectivity index is 1.15. The highest BCUT2D eigenvalue weighted by molar-refractivity contribution is 6.10. The van der Waals surface area contributed by atoms with Crippen molar-refractivity contribution in [3.63, 3.8) is 0 Å². The van der Waals surface area contributed by atoms with Crippen molar-refractivity contribution in [2.24, 2.45) is 0 Å². The maximum atomic E-state index is 5.10. The number of aromatic nitrogens is 4. The molecule has 0 amide bonds. The lowest BCUT2D eigenvalue weighted by Gasteiger charge is -2.42. The lowest BCUT2D eigenvalue weighted by molar-refractivity contribution is 0.632. The first-order valence-corrected chi connectivity index (χ1v) is 18.0. The Morgan fingerprint density at radius 1 is 0.415 bits per heavy atom. The van der Waals surface area contributed by atoms with Crippen LogP contribution in [0.5, 0.6) is 0 Å². The molecule has 0 N–H and O–H groups in total. The summed E-state index contributed by atoms with van der Waals surface area (Å²) in [5, 5.41) is 2.30. The van der Waals surface area contributed by atoms with Crippen LogP contribution in [0.3, 0.4) is 0 Å². The van der Waals surface area contributed by atoms with Crippen molar-refractivity contribution in [3.8, 4) is 39.9 Å². The Hall–Kier alpha value is -6.85. The molecule has 0 radical (unpaired) electrons. The molecule has 10 rings (SSSR count). The van der Waals surface area contributed by atoms with E-state index in [0.717, 1.165) is 44.2 Å². The fourth-order valence-electron chi connectivity index (χ4n) is 8.00. The highest BCUT2D eigenvalue weighted by Crippen LogP contribution is 2.52. The van der Waals surface area contributed by atoms with Crippen LogP contribution in [0.15, 0.2) is 176 Å². The highest BCUT2D eigenvalue weighted by Gasteiger charge is 2.37. The molecule has 53 heavy (non-hydrogen) atoms. The van der Waals surface area contributed by atoms with Gasteiger partial charge in [0.25, 0.3) is 0 Å². The van der Waals surface area contributed by atoms with Crippen LogP contribution < -0.4 is 4.90 Å². The van der Waals surface area contributed by atoms with E-state index in [4.69, 9.17) is 15.0 Å². The maximum Gasteiger partial charge on any atom is 0.238 e. The molecule has 0 saturated heterocycles. The van der Waals surface area contributed by atoms with Crippen molar-refractivity contribution in [3.05, 3.63) is 187 Å². The summed E-state index contributed by atoms with van der Waals surface area (Å²) in [6.07, 6.45) is 0. The van der Waals surface area contributed by atoms with Crippen LogP contribution in [0.4, 0.5) is 17.1 Å². The minimum atomic E-state index is -0.195. The zero-order chi connectivity index (χ0) is 35.5. The van der Waals surface area contributed by atoms with Crippen molar-refractivity contribution in [1.82, 2.24) is 19.5 Å². The van der Waals surface area contributed by atoms with E-state index in [1.54, 1.807) is 0 Å². The Labute approximate surface area is 308 Å². The maximum absolute atomic E-state index is 5.10. The van der Waals surface area contributed by atoms with E-state index in [-0.39, 0.29) is 5.41 Å². The average Bonchev–Trinajstić information content (AvgIpc) is 3.55. The van der Waals surface area contributed by atoms with E-state index >= 15 is 0 Å². The summed E-state index contributed by atoms with van der Waals surface area (Å²) >= 11 is 0. The van der Waals surface area contributed by atoms with Crippen LogP contribution in [-0.4, -0.2) is 19.5 Å². The summed E-state index contributed by atoms with van der Waals surface area (Å²) in [5.74, 6) is 1.87. The minimum Gasteiger partial charge on any atom is -0.310 e. The fraction of sp³-hybridized carbons (Fsp3) is 0.0625. The van der Waals surface area contributed by atoms with Gasteiger partial charge in [0.1, 0.15) is 0 Å². The van der Waals surface area contributed by atoms with Gasteiger partial charge < -0.3 is 4.90 Å². The molecule has 5 heteroatoms. The Morgan fingerprint density at radius 2 is 0.962 bits per heavy atom. The molecule has 0 spiro atoms. The molecule has 1 aliphatic rings. The third-order valence-electron chi connectivity index (χ3n) is 10.6. The van der Waals surface area contributed by atoms with Gasteiger partial charge in [0, 0.05) is 33.0 Å². The SMILES string of the molecule is CC1(C)c2ccccc2N(c2ccccc2)c2ccc(-c3ccc4c(c3)c3ccccc3n4-c3nc(-c4ccccc4)nc(-c4ccccc4)n3)cc21. The van der Waals surface area contributed by atoms with Crippen molar-refractivity contribution in [1.29, 1.82) is 0 Å². The van der Waals surface area contributed by atoms with E-state index in [2.05, 4.69) is 139 Å².